The molecule has 0 spiro atoms. The number of nitrogens with one attached hydrogen (secondary N) is 2. The van der Waals surface area contributed by atoms with Crippen LogP contribution in [0.2, 0.25) is 5.02 Å². The number of carbonyl (C=O) groups is 1. The van der Waals surface area contributed by atoms with Crippen molar-refractivity contribution in [2.75, 3.05) is 17.2 Å². The molecule has 29 heavy (non-hydrogen) atoms. The van der Waals surface area contributed by atoms with Gasteiger partial charge in [-0.1, -0.05) is 30.7 Å². The second-order valence-corrected chi connectivity index (χ2v) is 7.18. The van der Waals surface area contributed by atoms with Gasteiger partial charge in [-0.2, -0.15) is 9.97 Å². The Hall–Kier alpha value is -2.98. The topological polar surface area (TPSA) is 138 Å². The van der Waals surface area contributed by atoms with Crippen LogP contribution in [0.5, 0.6) is 0 Å². The van der Waals surface area contributed by atoms with Crippen LogP contribution in [-0.2, 0) is 6.54 Å². The molecule has 0 bridgehead atoms. The van der Waals surface area contributed by atoms with Crippen LogP contribution in [0.4, 0.5) is 17.5 Å². The Morgan fingerprint density at radius 3 is 2.69 bits per heavy atom. The molecule has 11 heteroatoms. The minimum Gasteiger partial charge on any atom is -0.478 e. The van der Waals surface area contributed by atoms with E-state index in [1.54, 1.807) is 10.7 Å². The normalized spacial score (nSPS) is 12.3. The number of fused-ring (bicyclic) bond motifs is 1. The summed E-state index contributed by atoms with van der Waals surface area (Å²) in [5.41, 5.74) is 1.40. The second kappa shape index (κ2) is 8.58. The third kappa shape index (κ3) is 4.38. The lowest BCUT2D eigenvalue weighted by molar-refractivity contribution is 0.0697. The summed E-state index contributed by atoms with van der Waals surface area (Å²) in [6, 6.07) is 4.32. The quantitative estimate of drug-likeness (QED) is 0.434. The fraction of sp³-hybridized carbons (Fsp3) is 0.389. The summed E-state index contributed by atoms with van der Waals surface area (Å²) in [7, 11) is 0. The van der Waals surface area contributed by atoms with Gasteiger partial charge in [-0.25, -0.2) is 9.48 Å². The van der Waals surface area contributed by atoms with Crippen molar-refractivity contribution in [3.8, 4) is 0 Å². The lowest BCUT2D eigenvalue weighted by atomic mass is 10.1. The third-order valence-corrected chi connectivity index (χ3v) is 4.77. The predicted octanol–water partition coefficient (Wildman–Crippen LogP) is 2.77. The largest absolute Gasteiger partial charge is 0.478 e. The average molecular weight is 420 g/mol. The Morgan fingerprint density at radius 2 is 2.07 bits per heavy atom. The highest BCUT2D eigenvalue weighted by atomic mass is 35.5. The number of benzene rings is 1. The Labute approximate surface area is 171 Å². The molecule has 0 fully saturated rings. The summed E-state index contributed by atoms with van der Waals surface area (Å²) in [6.45, 7) is 6.35. The molecular formula is C18H22ClN7O3. The van der Waals surface area contributed by atoms with E-state index >= 15 is 0 Å². The van der Waals surface area contributed by atoms with Crippen LogP contribution in [-0.4, -0.2) is 53.8 Å². The summed E-state index contributed by atoms with van der Waals surface area (Å²) in [5.74, 6) is -0.318. The van der Waals surface area contributed by atoms with E-state index in [0.717, 1.165) is 0 Å². The van der Waals surface area contributed by atoms with Gasteiger partial charge in [0.05, 0.1) is 23.2 Å². The first-order valence-electron chi connectivity index (χ1n) is 9.12. The highest BCUT2D eigenvalue weighted by Gasteiger charge is 2.19. The Morgan fingerprint density at radius 1 is 1.31 bits per heavy atom. The van der Waals surface area contributed by atoms with Gasteiger partial charge in [0.25, 0.3) is 0 Å². The van der Waals surface area contributed by atoms with Crippen LogP contribution in [0.1, 0.15) is 31.1 Å². The number of carboxylic acid groups (broad SMARTS) is 1. The van der Waals surface area contributed by atoms with Crippen molar-refractivity contribution in [2.24, 2.45) is 5.92 Å². The number of halogens is 1. The Balaban J connectivity index is 2.05. The number of anilines is 3. The second-order valence-electron chi connectivity index (χ2n) is 6.78. The Kier molecular flexibility index (Phi) is 6.14. The number of aliphatic hydroxyl groups excluding tert-OH is 1. The first-order valence-corrected chi connectivity index (χ1v) is 9.50. The van der Waals surface area contributed by atoms with E-state index in [4.69, 9.17) is 11.6 Å². The molecule has 0 aliphatic heterocycles. The number of aromatic nitrogens is 5. The molecule has 1 aromatic carbocycles. The third-order valence-electron chi connectivity index (χ3n) is 4.44. The van der Waals surface area contributed by atoms with Gasteiger partial charge in [-0.05, 0) is 31.0 Å². The number of aryl methyl sites for hydroxylation is 1. The van der Waals surface area contributed by atoms with Crippen molar-refractivity contribution in [1.29, 1.82) is 0 Å². The summed E-state index contributed by atoms with van der Waals surface area (Å²) >= 11 is 5.95. The van der Waals surface area contributed by atoms with Crippen molar-refractivity contribution >= 4 is 46.2 Å². The van der Waals surface area contributed by atoms with Crippen LogP contribution in [0.15, 0.2) is 18.2 Å². The molecule has 1 atom stereocenters. The van der Waals surface area contributed by atoms with E-state index in [9.17, 15) is 15.0 Å². The first-order chi connectivity index (χ1) is 13.8. The van der Waals surface area contributed by atoms with E-state index < -0.39 is 5.97 Å². The van der Waals surface area contributed by atoms with Gasteiger partial charge in [0.15, 0.2) is 17.0 Å². The maximum Gasteiger partial charge on any atom is 0.337 e. The fourth-order valence-corrected chi connectivity index (χ4v) is 2.91. The number of aliphatic hydroxyl groups is 1. The number of aromatic carboxylic acids is 1. The molecule has 3 aromatic rings. The fourth-order valence-electron chi connectivity index (χ4n) is 2.71. The average Bonchev–Trinajstić information content (AvgIpc) is 3.10. The Bertz CT molecular complexity index is 1040. The summed E-state index contributed by atoms with van der Waals surface area (Å²) in [5, 5.41) is 33.5. The summed E-state index contributed by atoms with van der Waals surface area (Å²) in [6.07, 6.45) is 0. The minimum absolute atomic E-state index is 0.0299. The number of hydrogen-bond acceptors (Lipinski definition) is 8. The van der Waals surface area contributed by atoms with Crippen LogP contribution < -0.4 is 10.6 Å². The van der Waals surface area contributed by atoms with E-state index in [0.29, 0.717) is 35.2 Å². The van der Waals surface area contributed by atoms with Crippen LogP contribution >= 0.6 is 11.6 Å². The molecule has 2 heterocycles. The van der Waals surface area contributed by atoms with E-state index in [-0.39, 0.29) is 29.2 Å². The molecule has 3 rings (SSSR count). The standard InChI is InChI=1S/C18H22ClN7O3/c1-4-26-16-14(24-25-26)15(22-18(23-16)21-13(8-27)9(2)3)20-10-5-6-12(19)11(7-10)17(28)29/h5-7,9,13,27H,4,8H2,1-3H3,(H,28,29)(H2,20,21,22,23)/t13-/m0/s1. The maximum absolute atomic E-state index is 11.4. The van der Waals surface area contributed by atoms with Crippen molar-refractivity contribution in [3.05, 3.63) is 28.8 Å². The number of carboxylic acids is 1. The molecule has 0 aliphatic carbocycles. The predicted molar refractivity (Wildman–Crippen MR) is 110 cm³/mol. The monoisotopic (exact) mass is 419 g/mol. The zero-order valence-corrected chi connectivity index (χ0v) is 17.0. The smallest absolute Gasteiger partial charge is 0.337 e. The van der Waals surface area contributed by atoms with Crippen molar-refractivity contribution in [2.45, 2.75) is 33.4 Å². The first kappa shape index (κ1) is 20.7. The number of hydrogen-bond donors (Lipinski definition) is 4. The maximum atomic E-state index is 11.4. The van der Waals surface area contributed by atoms with E-state index in [2.05, 4.69) is 30.9 Å². The zero-order valence-electron chi connectivity index (χ0n) is 16.2. The van der Waals surface area contributed by atoms with Gasteiger partial charge >= 0.3 is 5.97 Å². The van der Waals surface area contributed by atoms with Gasteiger partial charge < -0.3 is 20.8 Å². The van der Waals surface area contributed by atoms with Crippen molar-refractivity contribution in [3.63, 3.8) is 0 Å². The molecule has 0 amide bonds. The lowest BCUT2D eigenvalue weighted by Crippen LogP contribution is -2.30. The SMILES string of the molecule is CCn1nnc2c(Nc3ccc(Cl)c(C(=O)O)c3)nc(N[C@@H](CO)C(C)C)nc21. The minimum atomic E-state index is -1.13. The molecule has 4 N–H and O–H groups in total. The highest BCUT2D eigenvalue weighted by molar-refractivity contribution is 6.33. The molecule has 10 nitrogen and oxygen atoms in total. The van der Waals surface area contributed by atoms with Crippen LogP contribution in [0.3, 0.4) is 0 Å². The van der Waals surface area contributed by atoms with E-state index in [1.165, 1.54) is 12.1 Å². The van der Waals surface area contributed by atoms with Crippen molar-refractivity contribution < 1.29 is 15.0 Å². The molecule has 0 aliphatic rings. The zero-order chi connectivity index (χ0) is 21.1. The van der Waals surface area contributed by atoms with E-state index in [1.807, 2.05) is 20.8 Å². The number of nitrogens with zero attached hydrogens (tertiary/aromatic N) is 5. The number of rotatable bonds is 8. The molecule has 0 radical (unpaired) electrons. The van der Waals surface area contributed by atoms with Gasteiger partial charge in [0, 0.05) is 12.2 Å². The van der Waals surface area contributed by atoms with Gasteiger partial charge in [-0.3, -0.25) is 0 Å². The molecule has 2 aromatic heterocycles. The lowest BCUT2D eigenvalue weighted by Gasteiger charge is -2.20. The molecular weight excluding hydrogens is 398 g/mol. The summed E-state index contributed by atoms with van der Waals surface area (Å²) < 4.78 is 1.63. The van der Waals surface area contributed by atoms with Gasteiger partial charge in [-0.15, -0.1) is 5.10 Å². The molecule has 0 saturated heterocycles. The molecule has 0 unspecified atom stereocenters. The van der Waals surface area contributed by atoms with Gasteiger partial charge in [0.2, 0.25) is 5.95 Å². The van der Waals surface area contributed by atoms with Crippen molar-refractivity contribution in [1.82, 2.24) is 25.0 Å². The van der Waals surface area contributed by atoms with Crippen LogP contribution in [0.25, 0.3) is 11.2 Å². The summed E-state index contributed by atoms with van der Waals surface area (Å²) in [4.78, 5) is 20.3. The van der Waals surface area contributed by atoms with Crippen LogP contribution in [0, 0.1) is 5.92 Å². The highest BCUT2D eigenvalue weighted by Crippen LogP contribution is 2.27. The molecule has 154 valence electrons. The van der Waals surface area contributed by atoms with Gasteiger partial charge in [0.1, 0.15) is 0 Å². The molecule has 0 saturated carbocycles.